The van der Waals surface area contributed by atoms with Crippen LogP contribution in [0.2, 0.25) is 4.34 Å². The minimum Gasteiger partial charge on any atom is -0.316 e. The van der Waals surface area contributed by atoms with Gasteiger partial charge in [-0.3, -0.25) is 0 Å². The molecule has 1 atom stereocenters. The van der Waals surface area contributed by atoms with Crippen LogP contribution in [0.5, 0.6) is 0 Å². The smallest absolute Gasteiger partial charge is 0.0931 e. The molecular formula is C11H17ClN2S. The second-order valence-corrected chi connectivity index (χ2v) is 6.03. The van der Waals surface area contributed by atoms with Crippen LogP contribution in [0.3, 0.4) is 0 Å². The molecule has 1 fully saturated rings. The third kappa shape index (κ3) is 3.18. The number of hydrogen-bond donors (Lipinski definition) is 2. The van der Waals surface area contributed by atoms with E-state index >= 15 is 0 Å². The third-order valence-corrected chi connectivity index (χ3v) is 4.24. The molecule has 0 radical (unpaired) electrons. The normalized spacial score (nSPS) is 18.8. The molecule has 0 spiro atoms. The quantitative estimate of drug-likeness (QED) is 0.831. The monoisotopic (exact) mass is 244 g/mol. The van der Waals surface area contributed by atoms with Gasteiger partial charge in [-0.05, 0) is 43.6 Å². The van der Waals surface area contributed by atoms with Gasteiger partial charge >= 0.3 is 0 Å². The Kier molecular flexibility index (Phi) is 4.03. The van der Waals surface area contributed by atoms with Gasteiger partial charge in [0.25, 0.3) is 0 Å². The first-order chi connectivity index (χ1) is 7.25. The zero-order valence-electron chi connectivity index (χ0n) is 8.92. The molecule has 0 aliphatic carbocycles. The maximum Gasteiger partial charge on any atom is 0.0931 e. The van der Waals surface area contributed by atoms with Crippen LogP contribution in [0.1, 0.15) is 11.8 Å². The van der Waals surface area contributed by atoms with Crippen molar-refractivity contribution < 1.29 is 0 Å². The molecule has 0 saturated carbocycles. The second kappa shape index (κ2) is 5.30. The van der Waals surface area contributed by atoms with Crippen molar-refractivity contribution in [1.82, 2.24) is 10.6 Å². The molecule has 2 N–H and O–H groups in total. The summed E-state index contributed by atoms with van der Waals surface area (Å²) in [4.78, 5) is 1.32. The number of halogens is 1. The summed E-state index contributed by atoms with van der Waals surface area (Å²) in [6.45, 7) is 6.74. The minimum absolute atomic E-state index is 0.765. The second-order valence-electron chi connectivity index (χ2n) is 4.23. The van der Waals surface area contributed by atoms with Crippen LogP contribution in [0.25, 0.3) is 0 Å². The lowest BCUT2D eigenvalue weighted by molar-refractivity contribution is 0.242. The Bertz CT molecular complexity index is 309. The van der Waals surface area contributed by atoms with Crippen LogP contribution in [0.4, 0.5) is 0 Å². The van der Waals surface area contributed by atoms with E-state index < -0.39 is 0 Å². The summed E-state index contributed by atoms with van der Waals surface area (Å²) in [5, 5.41) is 6.80. The van der Waals surface area contributed by atoms with E-state index in [-0.39, 0.29) is 0 Å². The number of hydrogen-bond acceptors (Lipinski definition) is 3. The Labute approximate surface area is 100 Å². The molecule has 0 aromatic carbocycles. The van der Waals surface area contributed by atoms with E-state index in [2.05, 4.69) is 23.6 Å². The van der Waals surface area contributed by atoms with Crippen LogP contribution < -0.4 is 10.6 Å². The molecular weight excluding hydrogens is 228 g/mol. The average molecular weight is 245 g/mol. The van der Waals surface area contributed by atoms with Crippen LogP contribution >= 0.6 is 22.9 Å². The predicted molar refractivity (Wildman–Crippen MR) is 66.6 cm³/mol. The van der Waals surface area contributed by atoms with Gasteiger partial charge in [-0.25, -0.2) is 0 Å². The van der Waals surface area contributed by atoms with Gasteiger partial charge in [0.15, 0.2) is 0 Å². The lowest BCUT2D eigenvalue weighted by Gasteiger charge is -2.32. The van der Waals surface area contributed by atoms with Crippen molar-refractivity contribution in [2.24, 2.45) is 11.8 Å². The zero-order valence-corrected chi connectivity index (χ0v) is 10.5. The van der Waals surface area contributed by atoms with Gasteiger partial charge in [-0.1, -0.05) is 18.5 Å². The number of rotatable bonds is 5. The first-order valence-electron chi connectivity index (χ1n) is 5.41. The van der Waals surface area contributed by atoms with E-state index in [0.717, 1.165) is 29.3 Å². The van der Waals surface area contributed by atoms with Gasteiger partial charge < -0.3 is 10.6 Å². The maximum atomic E-state index is 5.87. The fraction of sp³-hybridized carbons (Fsp3) is 0.636. The average Bonchev–Trinajstić information content (AvgIpc) is 2.48. The molecule has 0 bridgehead atoms. The molecule has 4 heteroatoms. The van der Waals surface area contributed by atoms with Crippen LogP contribution in [0.15, 0.2) is 12.1 Å². The molecule has 84 valence electrons. The highest BCUT2D eigenvalue weighted by Gasteiger charge is 2.22. The summed E-state index contributed by atoms with van der Waals surface area (Å²) in [6.07, 6.45) is 0. The molecule has 0 amide bonds. The first-order valence-corrected chi connectivity index (χ1v) is 6.61. The fourth-order valence-electron chi connectivity index (χ4n) is 1.75. The molecule has 15 heavy (non-hydrogen) atoms. The van der Waals surface area contributed by atoms with Gasteiger partial charge in [0, 0.05) is 11.4 Å². The van der Waals surface area contributed by atoms with E-state index in [0.29, 0.717) is 0 Å². The summed E-state index contributed by atoms with van der Waals surface area (Å²) in [6, 6.07) is 4.05. The van der Waals surface area contributed by atoms with E-state index in [1.807, 2.05) is 6.07 Å². The summed E-state index contributed by atoms with van der Waals surface area (Å²) in [5.74, 6) is 1.63. The summed E-state index contributed by atoms with van der Waals surface area (Å²) in [5.41, 5.74) is 0. The maximum absolute atomic E-state index is 5.87. The lowest BCUT2D eigenvalue weighted by Crippen LogP contribution is -2.47. The molecule has 1 aromatic heterocycles. The topological polar surface area (TPSA) is 24.1 Å². The van der Waals surface area contributed by atoms with Gasteiger partial charge in [0.2, 0.25) is 0 Å². The lowest BCUT2D eigenvalue weighted by atomic mass is 9.89. The van der Waals surface area contributed by atoms with Crippen molar-refractivity contribution in [1.29, 1.82) is 0 Å². The third-order valence-electron chi connectivity index (χ3n) is 3.01. The Hall–Kier alpha value is -0.0900. The zero-order chi connectivity index (χ0) is 10.7. The number of thiophene rings is 1. The molecule has 1 aromatic rings. The molecule has 2 nitrogen and oxygen atoms in total. The summed E-state index contributed by atoms with van der Waals surface area (Å²) >= 11 is 7.52. The van der Waals surface area contributed by atoms with E-state index in [1.54, 1.807) is 11.3 Å². The summed E-state index contributed by atoms with van der Waals surface area (Å²) < 4.78 is 0.878. The molecule has 1 aliphatic heterocycles. The van der Waals surface area contributed by atoms with Crippen LogP contribution in [-0.4, -0.2) is 19.6 Å². The van der Waals surface area contributed by atoms with Crippen LogP contribution in [0, 0.1) is 11.8 Å². The SMILES string of the molecule is CC(CNCc1ccc(Cl)s1)C1CNC1. The molecule has 2 rings (SSSR count). The minimum atomic E-state index is 0.765. The first kappa shape index (κ1) is 11.4. The number of nitrogens with one attached hydrogen (secondary N) is 2. The van der Waals surface area contributed by atoms with E-state index in [1.165, 1.54) is 18.0 Å². The van der Waals surface area contributed by atoms with E-state index in [4.69, 9.17) is 11.6 Å². The highest BCUT2D eigenvalue weighted by molar-refractivity contribution is 7.16. The van der Waals surface area contributed by atoms with Crippen molar-refractivity contribution in [2.75, 3.05) is 19.6 Å². The Balaban J connectivity index is 1.65. The highest BCUT2D eigenvalue weighted by Crippen LogP contribution is 2.21. The van der Waals surface area contributed by atoms with Gasteiger partial charge in [-0.2, -0.15) is 0 Å². The molecule has 1 unspecified atom stereocenters. The van der Waals surface area contributed by atoms with E-state index in [9.17, 15) is 0 Å². The van der Waals surface area contributed by atoms with Crippen molar-refractivity contribution in [3.8, 4) is 0 Å². The van der Waals surface area contributed by atoms with Crippen molar-refractivity contribution in [2.45, 2.75) is 13.5 Å². The summed E-state index contributed by atoms with van der Waals surface area (Å²) in [7, 11) is 0. The largest absolute Gasteiger partial charge is 0.316 e. The Morgan fingerprint density at radius 2 is 2.40 bits per heavy atom. The van der Waals surface area contributed by atoms with Crippen molar-refractivity contribution in [3.63, 3.8) is 0 Å². The Morgan fingerprint density at radius 3 is 2.93 bits per heavy atom. The Morgan fingerprint density at radius 1 is 1.60 bits per heavy atom. The highest BCUT2D eigenvalue weighted by atomic mass is 35.5. The van der Waals surface area contributed by atoms with Crippen molar-refractivity contribution >= 4 is 22.9 Å². The van der Waals surface area contributed by atoms with Crippen LogP contribution in [-0.2, 0) is 6.54 Å². The van der Waals surface area contributed by atoms with Crippen molar-refractivity contribution in [3.05, 3.63) is 21.3 Å². The van der Waals surface area contributed by atoms with Gasteiger partial charge in [-0.15, -0.1) is 11.3 Å². The predicted octanol–water partition coefficient (Wildman–Crippen LogP) is 2.35. The fourth-order valence-corrected chi connectivity index (χ4v) is 2.81. The molecule has 2 heterocycles. The molecule has 1 saturated heterocycles. The van der Waals surface area contributed by atoms with Gasteiger partial charge in [0.05, 0.1) is 4.34 Å². The van der Waals surface area contributed by atoms with Gasteiger partial charge in [0.1, 0.15) is 0 Å². The standard InChI is InChI=1S/C11H17ClN2S/c1-8(9-5-14-6-9)4-13-7-10-2-3-11(12)15-10/h2-3,8-9,13-14H,4-7H2,1H3. The molecule has 1 aliphatic rings.